The van der Waals surface area contributed by atoms with E-state index in [1.807, 2.05) is 0 Å². The van der Waals surface area contributed by atoms with Crippen LogP contribution in [0.4, 0.5) is 4.79 Å². The summed E-state index contributed by atoms with van der Waals surface area (Å²) >= 11 is 1.79. The molecule has 1 aromatic rings. The van der Waals surface area contributed by atoms with Gasteiger partial charge in [-0.3, -0.25) is 4.98 Å². The Balaban J connectivity index is 2.27. The lowest BCUT2D eigenvalue weighted by atomic mass is 10.2. The Hall–Kier alpha value is -1.76. The van der Waals surface area contributed by atoms with Gasteiger partial charge in [0.1, 0.15) is 0 Å². The molecule has 0 saturated carbocycles. The molecule has 1 aromatic heterocycles. The largest absolute Gasteiger partial charge is 0.478 e. The number of thioether (sulfide) groups is 1. The molecule has 0 atom stereocenters. The van der Waals surface area contributed by atoms with E-state index in [1.54, 1.807) is 11.8 Å². The summed E-state index contributed by atoms with van der Waals surface area (Å²) in [5, 5.41) is 14.2. The van der Waals surface area contributed by atoms with Crippen LogP contribution in [0.1, 0.15) is 28.9 Å². The van der Waals surface area contributed by atoms with Gasteiger partial charge in [-0.15, -0.1) is 0 Å². The molecule has 0 spiro atoms. The van der Waals surface area contributed by atoms with E-state index in [1.165, 1.54) is 18.3 Å². The smallest absolute Gasteiger partial charge is 0.335 e. The highest BCUT2D eigenvalue weighted by atomic mass is 32.2. The Morgan fingerprint density at radius 2 is 2.15 bits per heavy atom. The van der Waals surface area contributed by atoms with Crippen LogP contribution in [0.15, 0.2) is 18.3 Å². The second kappa shape index (κ2) is 9.19. The lowest BCUT2D eigenvalue weighted by Gasteiger charge is -2.07. The standard InChI is InChI=1S/C13H19N3O3S/c1-20-7-3-2-5-15-13(19)16-9-11-8-10(12(17)18)4-6-14-11/h4,6,8H,2-3,5,7,9H2,1H3,(H,17,18)(H2,15,16,19). The van der Waals surface area contributed by atoms with Crippen molar-refractivity contribution in [1.82, 2.24) is 15.6 Å². The molecule has 1 rings (SSSR count). The van der Waals surface area contributed by atoms with E-state index in [4.69, 9.17) is 5.11 Å². The summed E-state index contributed by atoms with van der Waals surface area (Å²) < 4.78 is 0. The molecule has 20 heavy (non-hydrogen) atoms. The van der Waals surface area contributed by atoms with E-state index in [-0.39, 0.29) is 18.1 Å². The number of rotatable bonds is 8. The fourth-order valence-electron chi connectivity index (χ4n) is 1.51. The third-order valence-corrected chi connectivity index (χ3v) is 3.25. The number of hydrogen-bond donors (Lipinski definition) is 3. The molecular formula is C13H19N3O3S. The van der Waals surface area contributed by atoms with Crippen LogP contribution in [0.3, 0.4) is 0 Å². The normalized spacial score (nSPS) is 10.1. The van der Waals surface area contributed by atoms with Crippen molar-refractivity contribution in [1.29, 1.82) is 0 Å². The van der Waals surface area contributed by atoms with Gasteiger partial charge in [0.15, 0.2) is 0 Å². The van der Waals surface area contributed by atoms with Crippen LogP contribution < -0.4 is 10.6 Å². The molecule has 0 aliphatic carbocycles. The predicted octanol–water partition coefficient (Wildman–Crippen LogP) is 1.72. The number of nitrogens with one attached hydrogen (secondary N) is 2. The van der Waals surface area contributed by atoms with Crippen molar-refractivity contribution >= 4 is 23.8 Å². The van der Waals surface area contributed by atoms with Crippen molar-refractivity contribution in [3.63, 3.8) is 0 Å². The summed E-state index contributed by atoms with van der Waals surface area (Å²) in [6.45, 7) is 0.840. The molecule has 110 valence electrons. The maximum atomic E-state index is 11.5. The van der Waals surface area contributed by atoms with E-state index in [0.29, 0.717) is 12.2 Å². The van der Waals surface area contributed by atoms with Gasteiger partial charge >= 0.3 is 12.0 Å². The minimum atomic E-state index is -1.01. The van der Waals surface area contributed by atoms with Crippen molar-refractivity contribution in [2.75, 3.05) is 18.6 Å². The average molecular weight is 297 g/mol. The number of carbonyl (C=O) groups excluding carboxylic acids is 1. The number of hydrogen-bond acceptors (Lipinski definition) is 4. The highest BCUT2D eigenvalue weighted by Crippen LogP contribution is 2.01. The molecule has 7 heteroatoms. The fourth-order valence-corrected chi connectivity index (χ4v) is 2.01. The Morgan fingerprint density at radius 1 is 1.35 bits per heavy atom. The Kier molecular flexibility index (Phi) is 7.49. The molecule has 0 aromatic carbocycles. The van der Waals surface area contributed by atoms with Crippen molar-refractivity contribution in [2.24, 2.45) is 0 Å². The maximum absolute atomic E-state index is 11.5. The third-order valence-electron chi connectivity index (χ3n) is 2.55. The SMILES string of the molecule is CSCCCCNC(=O)NCc1cc(C(=O)O)ccn1. The summed E-state index contributed by atoms with van der Waals surface area (Å²) in [5.74, 6) is 0.0850. The summed E-state index contributed by atoms with van der Waals surface area (Å²) in [7, 11) is 0. The number of amides is 2. The zero-order valence-corrected chi connectivity index (χ0v) is 12.2. The van der Waals surface area contributed by atoms with E-state index in [2.05, 4.69) is 21.9 Å². The summed E-state index contributed by atoms with van der Waals surface area (Å²) in [6, 6.07) is 2.59. The van der Waals surface area contributed by atoms with Crippen molar-refractivity contribution in [3.8, 4) is 0 Å². The molecule has 0 saturated heterocycles. The van der Waals surface area contributed by atoms with Gasteiger partial charge in [0.2, 0.25) is 0 Å². The van der Waals surface area contributed by atoms with Crippen molar-refractivity contribution < 1.29 is 14.7 Å². The summed E-state index contributed by atoms with van der Waals surface area (Å²) in [6.07, 6.45) is 5.49. The lowest BCUT2D eigenvalue weighted by molar-refractivity contribution is 0.0696. The second-order valence-corrected chi connectivity index (χ2v) is 5.14. The van der Waals surface area contributed by atoms with Gasteiger partial charge in [0.25, 0.3) is 0 Å². The van der Waals surface area contributed by atoms with E-state index in [9.17, 15) is 9.59 Å². The third kappa shape index (κ3) is 6.42. The Morgan fingerprint density at radius 3 is 2.85 bits per heavy atom. The first-order valence-electron chi connectivity index (χ1n) is 6.32. The van der Waals surface area contributed by atoms with E-state index in [0.717, 1.165) is 18.6 Å². The quantitative estimate of drug-likeness (QED) is 0.636. The van der Waals surface area contributed by atoms with Gasteiger partial charge in [-0.1, -0.05) is 0 Å². The van der Waals surface area contributed by atoms with Gasteiger partial charge in [-0.05, 0) is 37.0 Å². The number of unbranched alkanes of at least 4 members (excludes halogenated alkanes) is 1. The molecule has 0 bridgehead atoms. The number of aromatic nitrogens is 1. The number of carboxylic acids is 1. The predicted molar refractivity (Wildman–Crippen MR) is 79.1 cm³/mol. The van der Waals surface area contributed by atoms with Gasteiger partial charge in [-0.2, -0.15) is 11.8 Å². The molecule has 6 nitrogen and oxygen atoms in total. The molecule has 2 amide bonds. The monoisotopic (exact) mass is 297 g/mol. The zero-order chi connectivity index (χ0) is 14.8. The van der Waals surface area contributed by atoms with Gasteiger partial charge in [-0.25, -0.2) is 9.59 Å². The summed E-state index contributed by atoms with van der Waals surface area (Å²) in [5.41, 5.74) is 0.678. The number of aromatic carboxylic acids is 1. The molecule has 0 unspecified atom stereocenters. The van der Waals surface area contributed by atoms with Crippen molar-refractivity contribution in [3.05, 3.63) is 29.6 Å². The van der Waals surface area contributed by atoms with E-state index < -0.39 is 5.97 Å². The zero-order valence-electron chi connectivity index (χ0n) is 11.4. The van der Waals surface area contributed by atoms with E-state index >= 15 is 0 Å². The Labute approximate surface area is 122 Å². The number of urea groups is 1. The average Bonchev–Trinajstić information content (AvgIpc) is 2.45. The van der Waals surface area contributed by atoms with Crippen molar-refractivity contribution in [2.45, 2.75) is 19.4 Å². The minimum absolute atomic E-state index is 0.161. The lowest BCUT2D eigenvalue weighted by Crippen LogP contribution is -2.35. The number of pyridine rings is 1. The molecule has 0 aliphatic heterocycles. The maximum Gasteiger partial charge on any atom is 0.335 e. The van der Waals surface area contributed by atoms with Gasteiger partial charge in [0.05, 0.1) is 17.8 Å². The highest BCUT2D eigenvalue weighted by Gasteiger charge is 2.05. The van der Waals surface area contributed by atoms with Crippen LogP contribution in [0, 0.1) is 0 Å². The topological polar surface area (TPSA) is 91.3 Å². The number of nitrogens with zero attached hydrogens (tertiary/aromatic N) is 1. The van der Waals surface area contributed by atoms with Crippen LogP contribution in [0.25, 0.3) is 0 Å². The molecule has 1 heterocycles. The highest BCUT2D eigenvalue weighted by molar-refractivity contribution is 7.98. The first kappa shape index (κ1) is 16.3. The first-order chi connectivity index (χ1) is 9.63. The molecule has 3 N–H and O–H groups in total. The van der Waals surface area contributed by atoms with Crippen LogP contribution >= 0.6 is 11.8 Å². The second-order valence-electron chi connectivity index (χ2n) is 4.15. The molecule has 0 radical (unpaired) electrons. The fraction of sp³-hybridized carbons (Fsp3) is 0.462. The van der Waals surface area contributed by atoms with Crippen LogP contribution in [-0.4, -0.2) is 40.6 Å². The van der Waals surface area contributed by atoms with Crippen LogP contribution in [0.2, 0.25) is 0 Å². The van der Waals surface area contributed by atoms with Gasteiger partial charge < -0.3 is 15.7 Å². The van der Waals surface area contributed by atoms with Gasteiger partial charge in [0, 0.05) is 12.7 Å². The number of carboxylic acid groups (broad SMARTS) is 1. The minimum Gasteiger partial charge on any atom is -0.478 e. The first-order valence-corrected chi connectivity index (χ1v) is 7.71. The summed E-state index contributed by atoms with van der Waals surface area (Å²) in [4.78, 5) is 26.3. The molecule has 0 fully saturated rings. The Bertz CT molecular complexity index is 454. The van der Waals surface area contributed by atoms with Crippen LogP contribution in [-0.2, 0) is 6.54 Å². The molecular weight excluding hydrogens is 278 g/mol. The van der Waals surface area contributed by atoms with Crippen LogP contribution in [0.5, 0.6) is 0 Å². The number of carbonyl (C=O) groups is 2. The molecule has 0 aliphatic rings.